The van der Waals surface area contributed by atoms with Crippen molar-refractivity contribution in [1.82, 2.24) is 0 Å². The zero-order chi connectivity index (χ0) is 17.3. The van der Waals surface area contributed by atoms with Gasteiger partial charge < -0.3 is 11.5 Å². The Hall–Kier alpha value is -0.0151. The van der Waals surface area contributed by atoms with Crippen LogP contribution in [-0.4, -0.2) is 18.9 Å². The highest BCUT2D eigenvalue weighted by Crippen LogP contribution is 2.35. The number of hydrogen-bond acceptors (Lipinski definition) is 2. The molecule has 0 aliphatic heterocycles. The number of rotatable bonds is 13. The van der Waals surface area contributed by atoms with Crippen LogP contribution in [0.25, 0.3) is 0 Å². The third-order valence-electron chi connectivity index (χ3n) is 5.15. The largest absolute Gasteiger partial charge is 0.325 e. The molecule has 2 radical (unpaired) electrons. The first-order valence-corrected chi connectivity index (χ1v) is 9.40. The molecule has 0 bridgehead atoms. The summed E-state index contributed by atoms with van der Waals surface area (Å²) < 4.78 is 0. The average molecular weight is 308 g/mol. The third-order valence-corrected chi connectivity index (χ3v) is 5.15. The maximum Gasteiger partial charge on any atom is 0.0742 e. The summed E-state index contributed by atoms with van der Waals surface area (Å²) in [6.07, 6.45) is 12.4. The standard InChI is InChI=1S/C19H41BN2/c1-6-8-14-19(5,22)15-10-9-12-17(3,20)13-11-16-18(4,21)7-2/h6-16,21-22H2,1-5H3. The first-order valence-electron chi connectivity index (χ1n) is 9.40. The van der Waals surface area contributed by atoms with E-state index in [0.717, 1.165) is 44.9 Å². The molecule has 0 aromatic heterocycles. The van der Waals surface area contributed by atoms with Crippen molar-refractivity contribution in [3.63, 3.8) is 0 Å². The van der Waals surface area contributed by atoms with Crippen molar-refractivity contribution in [3.8, 4) is 0 Å². The van der Waals surface area contributed by atoms with Crippen molar-refractivity contribution in [2.45, 2.75) is 122 Å². The molecular formula is C19H41BN2. The minimum atomic E-state index is -0.0573. The van der Waals surface area contributed by atoms with E-state index in [9.17, 15) is 0 Å². The van der Waals surface area contributed by atoms with Gasteiger partial charge in [-0.1, -0.05) is 71.0 Å². The highest BCUT2D eigenvalue weighted by atomic mass is 14.7. The summed E-state index contributed by atoms with van der Waals surface area (Å²) in [6, 6.07) is 0. The van der Waals surface area contributed by atoms with Crippen molar-refractivity contribution in [3.05, 3.63) is 0 Å². The van der Waals surface area contributed by atoms with E-state index in [1.165, 1.54) is 25.7 Å². The summed E-state index contributed by atoms with van der Waals surface area (Å²) in [4.78, 5) is 0. The second-order valence-electron chi connectivity index (χ2n) is 8.48. The molecule has 3 heteroatoms. The molecule has 2 nitrogen and oxygen atoms in total. The van der Waals surface area contributed by atoms with Crippen molar-refractivity contribution < 1.29 is 0 Å². The summed E-state index contributed by atoms with van der Waals surface area (Å²) in [5, 5.41) is -0.0573. The van der Waals surface area contributed by atoms with Crippen LogP contribution in [0, 0.1) is 0 Å². The van der Waals surface area contributed by atoms with E-state index in [4.69, 9.17) is 19.3 Å². The van der Waals surface area contributed by atoms with Gasteiger partial charge >= 0.3 is 0 Å². The van der Waals surface area contributed by atoms with Gasteiger partial charge in [0.05, 0.1) is 7.85 Å². The third kappa shape index (κ3) is 11.5. The van der Waals surface area contributed by atoms with Crippen LogP contribution in [0.1, 0.15) is 105 Å². The van der Waals surface area contributed by atoms with E-state index in [0.29, 0.717) is 0 Å². The zero-order valence-corrected chi connectivity index (χ0v) is 16.0. The van der Waals surface area contributed by atoms with Crippen LogP contribution in [0.15, 0.2) is 0 Å². The second-order valence-corrected chi connectivity index (χ2v) is 8.48. The van der Waals surface area contributed by atoms with Gasteiger partial charge in [-0.25, -0.2) is 0 Å². The highest BCUT2D eigenvalue weighted by molar-refractivity contribution is 6.14. The Morgan fingerprint density at radius 1 is 0.682 bits per heavy atom. The molecule has 0 fully saturated rings. The fourth-order valence-electron chi connectivity index (χ4n) is 2.96. The molecule has 130 valence electrons. The maximum absolute atomic E-state index is 6.45. The molecule has 3 unspecified atom stereocenters. The van der Waals surface area contributed by atoms with Gasteiger partial charge in [0, 0.05) is 11.1 Å². The first-order chi connectivity index (χ1) is 10.0. The monoisotopic (exact) mass is 308 g/mol. The van der Waals surface area contributed by atoms with Gasteiger partial charge in [0.25, 0.3) is 0 Å². The lowest BCUT2D eigenvalue weighted by Crippen LogP contribution is -2.35. The minimum absolute atomic E-state index is 0.00347. The van der Waals surface area contributed by atoms with E-state index in [2.05, 4.69) is 34.6 Å². The van der Waals surface area contributed by atoms with Gasteiger partial charge in [0.1, 0.15) is 0 Å². The van der Waals surface area contributed by atoms with Crippen molar-refractivity contribution in [2.75, 3.05) is 0 Å². The molecule has 0 heterocycles. The summed E-state index contributed by atoms with van der Waals surface area (Å²) in [5.74, 6) is 0. The van der Waals surface area contributed by atoms with Gasteiger partial charge in [0.2, 0.25) is 0 Å². The molecule has 3 atom stereocenters. The zero-order valence-electron chi connectivity index (χ0n) is 16.0. The molecule has 0 rings (SSSR count). The summed E-state index contributed by atoms with van der Waals surface area (Å²) in [5.41, 5.74) is 12.5. The molecule has 22 heavy (non-hydrogen) atoms. The van der Waals surface area contributed by atoms with Crippen LogP contribution >= 0.6 is 0 Å². The van der Waals surface area contributed by atoms with Gasteiger partial charge in [-0.15, -0.1) is 0 Å². The molecule has 0 aliphatic carbocycles. The Balaban J connectivity index is 3.88. The van der Waals surface area contributed by atoms with Crippen LogP contribution in [0.3, 0.4) is 0 Å². The van der Waals surface area contributed by atoms with E-state index in [1.807, 2.05) is 0 Å². The molecule has 0 saturated carbocycles. The predicted molar refractivity (Wildman–Crippen MR) is 101 cm³/mol. The van der Waals surface area contributed by atoms with Crippen molar-refractivity contribution in [2.24, 2.45) is 11.5 Å². The Kier molecular flexibility index (Phi) is 9.97. The Bertz CT molecular complexity index is 285. The molecule has 0 aromatic carbocycles. The van der Waals surface area contributed by atoms with Crippen LogP contribution in [0.4, 0.5) is 0 Å². The van der Waals surface area contributed by atoms with Crippen molar-refractivity contribution >= 4 is 7.85 Å². The molecular weight excluding hydrogens is 267 g/mol. The van der Waals surface area contributed by atoms with Crippen LogP contribution in [-0.2, 0) is 0 Å². The van der Waals surface area contributed by atoms with Crippen LogP contribution in [0.2, 0.25) is 5.31 Å². The Morgan fingerprint density at radius 2 is 1.14 bits per heavy atom. The number of unbranched alkanes of at least 4 members (excludes halogenated alkanes) is 2. The van der Waals surface area contributed by atoms with Gasteiger partial charge in [-0.05, 0) is 39.5 Å². The lowest BCUT2D eigenvalue weighted by atomic mass is 9.64. The van der Waals surface area contributed by atoms with E-state index in [1.54, 1.807) is 0 Å². The highest BCUT2D eigenvalue weighted by Gasteiger charge is 2.21. The smallest absolute Gasteiger partial charge is 0.0742 e. The number of hydrogen-bond donors (Lipinski definition) is 2. The van der Waals surface area contributed by atoms with E-state index in [-0.39, 0.29) is 16.4 Å². The van der Waals surface area contributed by atoms with Crippen LogP contribution < -0.4 is 11.5 Å². The fraction of sp³-hybridized carbons (Fsp3) is 1.00. The van der Waals surface area contributed by atoms with Crippen LogP contribution in [0.5, 0.6) is 0 Å². The summed E-state index contributed by atoms with van der Waals surface area (Å²) >= 11 is 0. The molecule has 0 amide bonds. The topological polar surface area (TPSA) is 52.0 Å². The average Bonchev–Trinajstić information content (AvgIpc) is 2.41. The fourth-order valence-corrected chi connectivity index (χ4v) is 2.96. The van der Waals surface area contributed by atoms with Gasteiger partial charge in [0.15, 0.2) is 0 Å². The predicted octanol–water partition coefficient (Wildman–Crippen LogP) is 5.10. The quantitative estimate of drug-likeness (QED) is 0.367. The van der Waals surface area contributed by atoms with Gasteiger partial charge in [-0.3, -0.25) is 0 Å². The molecule has 0 saturated heterocycles. The SMILES string of the molecule is [B]C(C)(CCCCC(C)(N)CCCC)CCCC(C)(N)CC. The lowest BCUT2D eigenvalue weighted by molar-refractivity contribution is 0.352. The Morgan fingerprint density at radius 3 is 1.68 bits per heavy atom. The molecule has 0 aromatic rings. The Labute approximate surface area is 141 Å². The van der Waals surface area contributed by atoms with Gasteiger partial charge in [-0.2, -0.15) is 0 Å². The van der Waals surface area contributed by atoms with E-state index < -0.39 is 0 Å². The normalized spacial score (nSPS) is 20.1. The van der Waals surface area contributed by atoms with Crippen molar-refractivity contribution in [1.29, 1.82) is 0 Å². The number of nitrogens with two attached hydrogens (primary N) is 2. The summed E-state index contributed by atoms with van der Waals surface area (Å²) in [6.45, 7) is 10.9. The molecule has 0 spiro atoms. The molecule has 0 aliphatic rings. The van der Waals surface area contributed by atoms with E-state index >= 15 is 0 Å². The second kappa shape index (κ2) is 9.98. The lowest BCUT2D eigenvalue weighted by Gasteiger charge is -2.29. The summed E-state index contributed by atoms with van der Waals surface area (Å²) in [7, 11) is 6.45. The first kappa shape index (κ1) is 22.0. The molecule has 4 N–H and O–H groups in total. The minimum Gasteiger partial charge on any atom is -0.325 e. The maximum atomic E-state index is 6.45.